The first-order valence-corrected chi connectivity index (χ1v) is 6.52. The molecule has 0 spiro atoms. The van der Waals surface area contributed by atoms with Gasteiger partial charge in [-0.2, -0.15) is 5.26 Å². The summed E-state index contributed by atoms with van der Waals surface area (Å²) in [5.74, 6) is -0.283. The van der Waals surface area contributed by atoms with Gasteiger partial charge in [-0.25, -0.2) is 4.79 Å². The van der Waals surface area contributed by atoms with E-state index in [-0.39, 0.29) is 5.56 Å². The maximum absolute atomic E-state index is 11.0. The molecule has 0 radical (unpaired) electrons. The van der Waals surface area contributed by atoms with Gasteiger partial charge in [-0.05, 0) is 58.7 Å². The van der Waals surface area contributed by atoms with Crippen LogP contribution >= 0.6 is 15.9 Å². The Morgan fingerprint density at radius 1 is 1.25 bits per heavy atom. The molecule has 0 unspecified atom stereocenters. The second-order valence-electron chi connectivity index (χ2n) is 4.16. The first-order chi connectivity index (χ1) is 9.51. The van der Waals surface area contributed by atoms with Gasteiger partial charge in [-0.15, -0.1) is 0 Å². The zero-order valence-electron chi connectivity index (χ0n) is 10.6. The van der Waals surface area contributed by atoms with E-state index in [1.54, 1.807) is 18.2 Å². The normalized spacial score (nSPS) is 9.85. The van der Waals surface area contributed by atoms with Crippen molar-refractivity contribution in [3.63, 3.8) is 0 Å². The van der Waals surface area contributed by atoms with E-state index in [1.165, 1.54) is 12.1 Å². The first-order valence-electron chi connectivity index (χ1n) is 5.72. The number of hydrogen-bond acceptors (Lipinski definition) is 3. The van der Waals surface area contributed by atoms with E-state index in [0.717, 1.165) is 5.56 Å². The molecular formula is C15H10BrNO3. The number of benzene rings is 2. The molecule has 0 amide bonds. The third kappa shape index (κ3) is 2.98. The lowest BCUT2D eigenvalue weighted by atomic mass is 10.1. The van der Waals surface area contributed by atoms with Crippen molar-refractivity contribution >= 4 is 21.9 Å². The van der Waals surface area contributed by atoms with Crippen LogP contribution in [0.2, 0.25) is 0 Å². The number of nitrogens with zero attached hydrogens (tertiary/aromatic N) is 1. The van der Waals surface area contributed by atoms with Gasteiger partial charge in [0.15, 0.2) is 0 Å². The van der Waals surface area contributed by atoms with Crippen molar-refractivity contribution in [2.24, 2.45) is 0 Å². The van der Waals surface area contributed by atoms with Crippen LogP contribution in [-0.4, -0.2) is 11.1 Å². The highest BCUT2D eigenvalue weighted by Crippen LogP contribution is 2.32. The summed E-state index contributed by atoms with van der Waals surface area (Å²) in [6.45, 7) is 1.89. The van der Waals surface area contributed by atoms with Crippen molar-refractivity contribution in [1.29, 1.82) is 5.26 Å². The van der Waals surface area contributed by atoms with Crippen molar-refractivity contribution in [2.45, 2.75) is 6.92 Å². The predicted molar refractivity (Wildman–Crippen MR) is 77.1 cm³/mol. The lowest BCUT2D eigenvalue weighted by Gasteiger charge is -2.10. The third-order valence-electron chi connectivity index (χ3n) is 2.66. The molecule has 0 aromatic heterocycles. The van der Waals surface area contributed by atoms with Crippen LogP contribution in [0.1, 0.15) is 21.5 Å². The second-order valence-corrected chi connectivity index (χ2v) is 5.02. The monoisotopic (exact) mass is 331 g/mol. The van der Waals surface area contributed by atoms with E-state index in [1.807, 2.05) is 19.1 Å². The van der Waals surface area contributed by atoms with Gasteiger partial charge in [-0.1, -0.05) is 6.07 Å². The summed E-state index contributed by atoms with van der Waals surface area (Å²) in [5, 5.41) is 18.1. The standard InChI is InChI=1S/C15H10BrNO3/c1-9-2-3-11(8-17)13(6-9)20-14-7-10(15(18)19)4-5-12(14)16/h2-7H,1H3,(H,18,19). The number of aryl methyl sites for hydroxylation is 1. The first kappa shape index (κ1) is 14.1. The molecule has 1 N–H and O–H groups in total. The Balaban J connectivity index is 2.44. The van der Waals surface area contributed by atoms with Gasteiger partial charge in [0.25, 0.3) is 0 Å². The molecule has 0 aliphatic heterocycles. The van der Waals surface area contributed by atoms with Crippen LogP contribution in [-0.2, 0) is 0 Å². The van der Waals surface area contributed by atoms with Crippen molar-refractivity contribution < 1.29 is 14.6 Å². The fourth-order valence-electron chi connectivity index (χ4n) is 1.64. The smallest absolute Gasteiger partial charge is 0.335 e. The molecule has 4 nitrogen and oxygen atoms in total. The van der Waals surface area contributed by atoms with Crippen molar-refractivity contribution in [2.75, 3.05) is 0 Å². The lowest BCUT2D eigenvalue weighted by molar-refractivity contribution is 0.0696. The van der Waals surface area contributed by atoms with E-state index < -0.39 is 5.97 Å². The molecule has 0 aliphatic carbocycles. The number of nitriles is 1. The summed E-state index contributed by atoms with van der Waals surface area (Å²) in [7, 11) is 0. The van der Waals surface area contributed by atoms with Gasteiger partial charge in [0, 0.05) is 0 Å². The van der Waals surface area contributed by atoms with Crippen LogP contribution in [0.15, 0.2) is 40.9 Å². The number of rotatable bonds is 3. The van der Waals surface area contributed by atoms with Crippen molar-refractivity contribution in [3.05, 3.63) is 57.6 Å². The molecule has 0 heterocycles. The summed E-state index contributed by atoms with van der Waals surface area (Å²) in [5.41, 5.74) is 1.46. The Bertz CT molecular complexity index is 720. The SMILES string of the molecule is Cc1ccc(C#N)c(Oc2cc(C(=O)O)ccc2Br)c1. The molecule has 100 valence electrons. The maximum Gasteiger partial charge on any atom is 0.335 e. The quantitative estimate of drug-likeness (QED) is 0.918. The molecular weight excluding hydrogens is 322 g/mol. The summed E-state index contributed by atoms with van der Waals surface area (Å²) in [6.07, 6.45) is 0. The fraction of sp³-hybridized carbons (Fsp3) is 0.0667. The molecule has 2 aromatic carbocycles. The van der Waals surface area contributed by atoms with E-state index in [4.69, 9.17) is 15.1 Å². The van der Waals surface area contributed by atoms with Gasteiger partial charge >= 0.3 is 5.97 Å². The Morgan fingerprint density at radius 2 is 2.00 bits per heavy atom. The van der Waals surface area contributed by atoms with Crippen LogP contribution in [0.3, 0.4) is 0 Å². The summed E-state index contributed by atoms with van der Waals surface area (Å²) < 4.78 is 6.29. The number of carboxylic acid groups (broad SMARTS) is 1. The van der Waals surface area contributed by atoms with Crippen LogP contribution in [0.25, 0.3) is 0 Å². The number of halogens is 1. The molecule has 0 bridgehead atoms. The Morgan fingerprint density at radius 3 is 2.65 bits per heavy atom. The largest absolute Gasteiger partial charge is 0.478 e. The van der Waals surface area contributed by atoms with E-state index in [2.05, 4.69) is 15.9 Å². The van der Waals surface area contributed by atoms with E-state index in [9.17, 15) is 4.79 Å². The Hall–Kier alpha value is -2.32. The topological polar surface area (TPSA) is 70.3 Å². The average Bonchev–Trinajstić information content (AvgIpc) is 2.41. The Labute approximate surface area is 124 Å². The Kier molecular flexibility index (Phi) is 4.06. The number of hydrogen-bond donors (Lipinski definition) is 1. The van der Waals surface area contributed by atoms with Gasteiger partial charge in [0.2, 0.25) is 0 Å². The zero-order chi connectivity index (χ0) is 14.7. The van der Waals surface area contributed by atoms with Crippen molar-refractivity contribution in [3.8, 4) is 17.6 Å². The van der Waals surface area contributed by atoms with Crippen molar-refractivity contribution in [1.82, 2.24) is 0 Å². The third-order valence-corrected chi connectivity index (χ3v) is 3.31. The van der Waals surface area contributed by atoms with Crippen LogP contribution in [0.4, 0.5) is 0 Å². The summed E-state index contributed by atoms with van der Waals surface area (Å²) in [6, 6.07) is 11.7. The van der Waals surface area contributed by atoms with Gasteiger partial charge in [0.1, 0.15) is 17.6 Å². The molecule has 2 aromatic rings. The van der Waals surface area contributed by atoms with Gasteiger partial charge < -0.3 is 9.84 Å². The number of ether oxygens (including phenoxy) is 1. The highest BCUT2D eigenvalue weighted by atomic mass is 79.9. The minimum Gasteiger partial charge on any atom is -0.478 e. The number of carboxylic acids is 1. The predicted octanol–water partition coefficient (Wildman–Crippen LogP) is 4.12. The molecule has 0 saturated carbocycles. The number of carbonyl (C=O) groups is 1. The molecule has 20 heavy (non-hydrogen) atoms. The van der Waals surface area contributed by atoms with Crippen LogP contribution < -0.4 is 4.74 Å². The van der Waals surface area contributed by atoms with Gasteiger partial charge in [-0.3, -0.25) is 0 Å². The fourth-order valence-corrected chi connectivity index (χ4v) is 1.97. The lowest BCUT2D eigenvalue weighted by Crippen LogP contribution is -1.97. The summed E-state index contributed by atoms with van der Waals surface area (Å²) in [4.78, 5) is 11.0. The van der Waals surface area contributed by atoms with Gasteiger partial charge in [0.05, 0.1) is 15.6 Å². The average molecular weight is 332 g/mol. The number of aromatic carboxylic acids is 1. The van der Waals surface area contributed by atoms with E-state index >= 15 is 0 Å². The highest BCUT2D eigenvalue weighted by molar-refractivity contribution is 9.10. The molecule has 0 fully saturated rings. The molecule has 0 saturated heterocycles. The minimum atomic E-state index is -1.04. The van der Waals surface area contributed by atoms with Crippen LogP contribution in [0.5, 0.6) is 11.5 Å². The summed E-state index contributed by atoms with van der Waals surface area (Å²) >= 11 is 3.30. The molecule has 0 atom stereocenters. The second kappa shape index (κ2) is 5.76. The van der Waals surface area contributed by atoms with Crippen LogP contribution in [0, 0.1) is 18.3 Å². The molecule has 0 aliphatic rings. The maximum atomic E-state index is 11.0. The highest BCUT2D eigenvalue weighted by Gasteiger charge is 2.11. The zero-order valence-corrected chi connectivity index (χ0v) is 12.1. The minimum absolute atomic E-state index is 0.120. The molecule has 2 rings (SSSR count). The van der Waals surface area contributed by atoms with E-state index in [0.29, 0.717) is 21.5 Å². The molecule has 5 heteroatoms.